The van der Waals surface area contributed by atoms with Gasteiger partial charge in [0.1, 0.15) is 0 Å². The minimum Gasteiger partial charge on any atom is -0.494 e. The molecule has 1 N–H and O–H groups in total. The van der Waals surface area contributed by atoms with Gasteiger partial charge in [-0.2, -0.15) is 0 Å². The van der Waals surface area contributed by atoms with Crippen LogP contribution in [0.15, 0.2) is 18.2 Å². The highest BCUT2D eigenvalue weighted by atomic mass is 32.1. The molecule has 0 saturated carbocycles. The molecule has 1 heterocycles. The first-order valence-electron chi connectivity index (χ1n) is 6.66. The molecule has 0 radical (unpaired) electrons. The average Bonchev–Trinajstić information content (AvgIpc) is 2.90. The van der Waals surface area contributed by atoms with Gasteiger partial charge in [-0.05, 0) is 23.2 Å². The number of aliphatic hydroxyl groups excluding tert-OH is 1. The van der Waals surface area contributed by atoms with E-state index < -0.39 is 11.9 Å². The van der Waals surface area contributed by atoms with E-state index in [0.29, 0.717) is 10.4 Å². The van der Waals surface area contributed by atoms with Crippen molar-refractivity contribution >= 4 is 11.5 Å². The molecule has 0 spiro atoms. The van der Waals surface area contributed by atoms with Crippen molar-refractivity contribution in [2.24, 2.45) is 0 Å². The van der Waals surface area contributed by atoms with Gasteiger partial charge in [0.15, 0.2) is 11.6 Å². The molecule has 6 heteroatoms. The molecule has 0 fully saturated rings. The second-order valence-electron chi connectivity index (χ2n) is 5.89. The topological polar surface area (TPSA) is 55.2 Å². The Balaban J connectivity index is 2.27. The van der Waals surface area contributed by atoms with Crippen LogP contribution in [0.4, 0.5) is 4.39 Å². The van der Waals surface area contributed by atoms with Gasteiger partial charge in [-0.25, -0.2) is 4.39 Å². The van der Waals surface area contributed by atoms with Gasteiger partial charge in [0.25, 0.3) is 0 Å². The number of halogens is 1. The number of aromatic nitrogens is 2. The molecule has 2 rings (SSSR count). The van der Waals surface area contributed by atoms with Crippen LogP contribution in [-0.2, 0) is 11.8 Å². The van der Waals surface area contributed by atoms with E-state index in [1.807, 2.05) is 20.8 Å². The van der Waals surface area contributed by atoms with Crippen LogP contribution in [0.5, 0.6) is 5.75 Å². The van der Waals surface area contributed by atoms with Crippen LogP contribution in [0.2, 0.25) is 0 Å². The van der Waals surface area contributed by atoms with E-state index in [1.165, 1.54) is 7.11 Å². The van der Waals surface area contributed by atoms with Crippen molar-refractivity contribution in [1.29, 1.82) is 0 Å². The lowest BCUT2D eigenvalue weighted by Gasteiger charge is -2.19. The van der Waals surface area contributed by atoms with Crippen molar-refractivity contribution < 1.29 is 14.2 Å². The van der Waals surface area contributed by atoms with E-state index in [2.05, 4.69) is 9.59 Å². The first-order valence-corrected chi connectivity index (χ1v) is 7.44. The zero-order valence-electron chi connectivity index (χ0n) is 12.6. The maximum Gasteiger partial charge on any atom is 0.168 e. The lowest BCUT2D eigenvalue weighted by atomic mass is 9.89. The Morgan fingerprint density at radius 2 is 2.10 bits per heavy atom. The Morgan fingerprint density at radius 3 is 2.71 bits per heavy atom. The van der Waals surface area contributed by atoms with Crippen molar-refractivity contribution in [1.82, 2.24) is 9.59 Å². The standard InChI is InChI=1S/C15H19FN2O2S/c1-15(2,3)14-13(21-18-17-14)10(19)8-9-6-5-7-11(20-4)12(9)16/h5-7,10,19H,8H2,1-4H3. The summed E-state index contributed by atoms with van der Waals surface area (Å²) in [6.45, 7) is 6.02. The Kier molecular flexibility index (Phi) is 4.58. The highest BCUT2D eigenvalue weighted by molar-refractivity contribution is 7.05. The number of methoxy groups -OCH3 is 1. The first kappa shape index (κ1) is 15.9. The minimum absolute atomic E-state index is 0.163. The smallest absolute Gasteiger partial charge is 0.168 e. The van der Waals surface area contributed by atoms with Crippen LogP contribution in [-0.4, -0.2) is 21.8 Å². The normalized spacial score (nSPS) is 13.2. The lowest BCUT2D eigenvalue weighted by molar-refractivity contribution is 0.178. The quantitative estimate of drug-likeness (QED) is 0.942. The van der Waals surface area contributed by atoms with Gasteiger partial charge in [0.05, 0.1) is 23.8 Å². The van der Waals surface area contributed by atoms with Gasteiger partial charge >= 0.3 is 0 Å². The number of hydrogen-bond donors (Lipinski definition) is 1. The molecule has 4 nitrogen and oxygen atoms in total. The second-order valence-corrected chi connectivity index (χ2v) is 6.67. The van der Waals surface area contributed by atoms with Crippen LogP contribution < -0.4 is 4.74 Å². The summed E-state index contributed by atoms with van der Waals surface area (Å²) >= 11 is 1.15. The molecule has 0 aliphatic carbocycles. The molecular weight excluding hydrogens is 291 g/mol. The maximum atomic E-state index is 14.1. The zero-order valence-corrected chi connectivity index (χ0v) is 13.4. The summed E-state index contributed by atoms with van der Waals surface area (Å²) in [5, 5.41) is 14.5. The fraction of sp³-hybridized carbons (Fsp3) is 0.467. The van der Waals surface area contributed by atoms with E-state index in [1.54, 1.807) is 18.2 Å². The van der Waals surface area contributed by atoms with E-state index in [-0.39, 0.29) is 17.6 Å². The molecule has 1 aromatic carbocycles. The van der Waals surface area contributed by atoms with Gasteiger partial charge in [-0.1, -0.05) is 37.4 Å². The summed E-state index contributed by atoms with van der Waals surface area (Å²) < 4.78 is 23.0. The molecule has 1 atom stereocenters. The van der Waals surface area contributed by atoms with E-state index in [4.69, 9.17) is 4.74 Å². The van der Waals surface area contributed by atoms with E-state index >= 15 is 0 Å². The van der Waals surface area contributed by atoms with Gasteiger partial charge < -0.3 is 9.84 Å². The van der Waals surface area contributed by atoms with E-state index in [9.17, 15) is 9.50 Å². The molecular formula is C15H19FN2O2S. The maximum absolute atomic E-state index is 14.1. The molecule has 2 aromatic rings. The van der Waals surface area contributed by atoms with Crippen LogP contribution in [0.25, 0.3) is 0 Å². The Bertz CT molecular complexity index is 622. The SMILES string of the molecule is COc1cccc(CC(O)c2snnc2C(C)(C)C)c1F. The summed E-state index contributed by atoms with van der Waals surface area (Å²) in [6, 6.07) is 4.91. The van der Waals surface area contributed by atoms with Crippen LogP contribution >= 0.6 is 11.5 Å². The number of ether oxygens (including phenoxy) is 1. The molecule has 0 saturated heterocycles. The van der Waals surface area contributed by atoms with Crippen molar-refractivity contribution in [3.05, 3.63) is 40.2 Å². The van der Waals surface area contributed by atoms with Crippen LogP contribution in [0, 0.1) is 5.82 Å². The molecule has 0 aliphatic heterocycles. The van der Waals surface area contributed by atoms with Crippen molar-refractivity contribution in [2.45, 2.75) is 38.7 Å². The summed E-state index contributed by atoms with van der Waals surface area (Å²) in [4.78, 5) is 0.685. The summed E-state index contributed by atoms with van der Waals surface area (Å²) in [5.74, 6) is -0.257. The third kappa shape index (κ3) is 3.39. The lowest BCUT2D eigenvalue weighted by Crippen LogP contribution is -2.16. The Hall–Kier alpha value is -1.53. The predicted octanol–water partition coefficient (Wildman–Crippen LogP) is 3.26. The number of hydrogen-bond acceptors (Lipinski definition) is 5. The number of benzene rings is 1. The van der Waals surface area contributed by atoms with Gasteiger partial charge in [0.2, 0.25) is 0 Å². The largest absolute Gasteiger partial charge is 0.494 e. The van der Waals surface area contributed by atoms with Crippen LogP contribution in [0.1, 0.15) is 43.0 Å². The average molecular weight is 310 g/mol. The summed E-state index contributed by atoms with van der Waals surface area (Å²) in [6.07, 6.45) is -0.670. The first-order chi connectivity index (χ1) is 9.84. The Morgan fingerprint density at radius 1 is 1.38 bits per heavy atom. The minimum atomic E-state index is -0.833. The van der Waals surface area contributed by atoms with Crippen LogP contribution in [0.3, 0.4) is 0 Å². The molecule has 114 valence electrons. The molecule has 0 amide bonds. The van der Waals surface area contributed by atoms with Gasteiger partial charge in [-0.15, -0.1) is 5.10 Å². The van der Waals surface area contributed by atoms with Crippen molar-refractivity contribution in [3.8, 4) is 5.75 Å². The number of nitrogens with zero attached hydrogens (tertiary/aromatic N) is 2. The summed E-state index contributed by atoms with van der Waals surface area (Å²) in [7, 11) is 1.42. The molecule has 0 bridgehead atoms. The van der Waals surface area contributed by atoms with Gasteiger partial charge in [-0.3, -0.25) is 0 Å². The van der Waals surface area contributed by atoms with Gasteiger partial charge in [0, 0.05) is 11.8 Å². The highest BCUT2D eigenvalue weighted by Gasteiger charge is 2.27. The van der Waals surface area contributed by atoms with E-state index in [0.717, 1.165) is 17.2 Å². The second kappa shape index (κ2) is 6.07. The predicted molar refractivity (Wildman–Crippen MR) is 80.2 cm³/mol. The third-order valence-electron chi connectivity index (χ3n) is 3.20. The van der Waals surface area contributed by atoms with Crippen molar-refractivity contribution in [2.75, 3.05) is 7.11 Å². The molecule has 1 aromatic heterocycles. The van der Waals surface area contributed by atoms with Crippen molar-refractivity contribution in [3.63, 3.8) is 0 Å². The highest BCUT2D eigenvalue weighted by Crippen LogP contribution is 2.33. The fourth-order valence-electron chi connectivity index (χ4n) is 2.11. The molecule has 1 unspecified atom stereocenters. The monoisotopic (exact) mass is 310 g/mol. The third-order valence-corrected chi connectivity index (χ3v) is 4.03. The number of rotatable bonds is 4. The Labute approximate surface area is 127 Å². The number of aliphatic hydroxyl groups is 1. The fourth-order valence-corrected chi connectivity index (χ4v) is 2.96. The molecule has 0 aliphatic rings. The summed E-state index contributed by atoms with van der Waals surface area (Å²) in [5.41, 5.74) is 0.953. The zero-order chi connectivity index (χ0) is 15.6. The molecule has 21 heavy (non-hydrogen) atoms.